The van der Waals surface area contributed by atoms with Crippen LogP contribution >= 0.6 is 24.0 Å². The molecule has 0 spiro atoms. The van der Waals surface area contributed by atoms with Crippen molar-refractivity contribution in [3.8, 4) is 0 Å². The van der Waals surface area contributed by atoms with Crippen LogP contribution < -0.4 is 16.0 Å². The van der Waals surface area contributed by atoms with Gasteiger partial charge < -0.3 is 25.6 Å². The number of ether oxygens (including phenoxy) is 1. The highest BCUT2D eigenvalue weighted by molar-refractivity contribution is 14.0. The van der Waals surface area contributed by atoms with Crippen LogP contribution in [0, 0.1) is 5.41 Å². The van der Waals surface area contributed by atoms with Gasteiger partial charge in [-0.1, -0.05) is 0 Å². The van der Waals surface area contributed by atoms with Crippen LogP contribution in [0.2, 0.25) is 0 Å². The minimum Gasteiger partial charge on any atom is -0.444 e. The lowest BCUT2D eigenvalue weighted by molar-refractivity contribution is -0.128. The van der Waals surface area contributed by atoms with Gasteiger partial charge in [0, 0.05) is 31.7 Å². The molecule has 0 saturated carbocycles. The first-order valence-electron chi connectivity index (χ1n) is 10.7. The van der Waals surface area contributed by atoms with Crippen LogP contribution in [-0.2, 0) is 9.53 Å². The van der Waals surface area contributed by atoms with Gasteiger partial charge in [-0.2, -0.15) is 0 Å². The molecule has 2 bridgehead atoms. The Balaban J connectivity index is 0.00000450. The van der Waals surface area contributed by atoms with E-state index in [1.807, 2.05) is 46.4 Å². The Labute approximate surface area is 198 Å². The van der Waals surface area contributed by atoms with Crippen molar-refractivity contribution in [2.24, 2.45) is 10.4 Å². The molecule has 0 aromatic carbocycles. The molecule has 174 valence electrons. The zero-order valence-electron chi connectivity index (χ0n) is 19.5. The molecular weight excluding hydrogens is 497 g/mol. The minimum atomic E-state index is -0.573. The van der Waals surface area contributed by atoms with Crippen molar-refractivity contribution in [1.29, 1.82) is 0 Å². The lowest BCUT2D eigenvalue weighted by atomic mass is 9.93. The third-order valence-electron chi connectivity index (χ3n) is 5.50. The van der Waals surface area contributed by atoms with Crippen LogP contribution in [0.1, 0.15) is 67.2 Å². The van der Waals surface area contributed by atoms with Gasteiger partial charge in [0.25, 0.3) is 0 Å². The van der Waals surface area contributed by atoms with Crippen LogP contribution in [0.25, 0.3) is 0 Å². The Kier molecular flexibility index (Phi) is 9.69. The molecule has 2 aliphatic heterocycles. The Morgan fingerprint density at radius 2 is 1.67 bits per heavy atom. The largest absolute Gasteiger partial charge is 0.444 e. The van der Waals surface area contributed by atoms with Crippen molar-refractivity contribution in [1.82, 2.24) is 20.9 Å². The number of hydrogen-bond acceptors (Lipinski definition) is 4. The molecule has 30 heavy (non-hydrogen) atoms. The van der Waals surface area contributed by atoms with Crippen molar-refractivity contribution >= 4 is 41.9 Å². The van der Waals surface area contributed by atoms with Crippen molar-refractivity contribution in [2.45, 2.75) is 91.0 Å². The fraction of sp³-hybridized carbons (Fsp3) is 0.857. The molecule has 2 unspecified atom stereocenters. The maximum absolute atomic E-state index is 12.6. The van der Waals surface area contributed by atoms with E-state index in [1.54, 1.807) is 7.05 Å². The second kappa shape index (κ2) is 10.9. The van der Waals surface area contributed by atoms with Crippen LogP contribution in [0.4, 0.5) is 4.79 Å². The van der Waals surface area contributed by atoms with E-state index >= 15 is 0 Å². The maximum Gasteiger partial charge on any atom is 0.410 e. The first kappa shape index (κ1) is 26.8. The average molecular weight is 537 g/mol. The molecule has 2 saturated heterocycles. The van der Waals surface area contributed by atoms with E-state index in [-0.39, 0.29) is 54.1 Å². The number of rotatable bonds is 5. The smallest absolute Gasteiger partial charge is 0.410 e. The fourth-order valence-corrected chi connectivity index (χ4v) is 4.11. The summed E-state index contributed by atoms with van der Waals surface area (Å²) >= 11 is 0. The maximum atomic E-state index is 12.6. The molecule has 9 heteroatoms. The van der Waals surface area contributed by atoms with E-state index in [0.717, 1.165) is 38.2 Å². The van der Waals surface area contributed by atoms with Crippen molar-refractivity contribution in [3.05, 3.63) is 0 Å². The molecule has 0 aliphatic carbocycles. The average Bonchev–Trinajstić information content (AvgIpc) is 2.89. The number of amides is 2. The number of aliphatic imine (C=N–C) groups is 1. The third kappa shape index (κ3) is 7.16. The van der Waals surface area contributed by atoms with Gasteiger partial charge in [0.2, 0.25) is 5.91 Å². The molecular formula is C21H40IN5O3. The molecule has 2 atom stereocenters. The Morgan fingerprint density at radius 1 is 1.10 bits per heavy atom. The first-order valence-corrected chi connectivity index (χ1v) is 10.7. The normalized spacial score (nSPS) is 24.0. The molecule has 0 radical (unpaired) electrons. The zero-order chi connectivity index (χ0) is 21.8. The number of fused-ring (bicyclic) bond motifs is 2. The molecule has 2 rings (SSSR count). The Morgan fingerprint density at radius 3 is 2.13 bits per heavy atom. The molecule has 2 fully saturated rings. The third-order valence-corrected chi connectivity index (χ3v) is 5.50. The van der Waals surface area contributed by atoms with Crippen LogP contribution in [0.5, 0.6) is 0 Å². The summed E-state index contributed by atoms with van der Waals surface area (Å²) in [4.78, 5) is 31.2. The van der Waals surface area contributed by atoms with E-state index in [4.69, 9.17) is 4.74 Å². The summed E-state index contributed by atoms with van der Waals surface area (Å²) in [5, 5.41) is 9.50. The van der Waals surface area contributed by atoms with Crippen molar-refractivity contribution in [2.75, 3.05) is 20.1 Å². The summed E-state index contributed by atoms with van der Waals surface area (Å²) in [6.07, 6.45) is 3.58. The van der Waals surface area contributed by atoms with E-state index in [2.05, 4.69) is 20.9 Å². The molecule has 2 amide bonds. The van der Waals surface area contributed by atoms with E-state index in [0.29, 0.717) is 6.54 Å². The zero-order valence-corrected chi connectivity index (χ0v) is 21.8. The molecule has 2 heterocycles. The van der Waals surface area contributed by atoms with E-state index in [1.165, 1.54) is 0 Å². The first-order chi connectivity index (χ1) is 13.5. The van der Waals surface area contributed by atoms with E-state index < -0.39 is 11.0 Å². The van der Waals surface area contributed by atoms with Gasteiger partial charge in [0.05, 0.1) is 12.0 Å². The van der Waals surface area contributed by atoms with Crippen LogP contribution in [0.3, 0.4) is 0 Å². The van der Waals surface area contributed by atoms with Gasteiger partial charge in [-0.15, -0.1) is 24.0 Å². The molecule has 8 nitrogen and oxygen atoms in total. The highest BCUT2D eigenvalue weighted by Gasteiger charge is 2.45. The number of guanidine groups is 1. The number of carbonyl (C=O) groups excluding carboxylic acids is 2. The highest BCUT2D eigenvalue weighted by atomic mass is 127. The molecule has 0 aromatic rings. The lowest BCUT2D eigenvalue weighted by Gasteiger charge is -2.40. The second-order valence-electron chi connectivity index (χ2n) is 9.74. The fourth-order valence-electron chi connectivity index (χ4n) is 4.11. The summed E-state index contributed by atoms with van der Waals surface area (Å²) in [7, 11) is 1.64. The van der Waals surface area contributed by atoms with Gasteiger partial charge in [0.15, 0.2) is 5.96 Å². The summed E-state index contributed by atoms with van der Waals surface area (Å²) < 4.78 is 5.61. The van der Waals surface area contributed by atoms with Gasteiger partial charge in [-0.25, -0.2) is 4.79 Å². The second-order valence-corrected chi connectivity index (χ2v) is 9.74. The molecule has 2 aliphatic rings. The number of piperidine rings is 1. The highest BCUT2D eigenvalue weighted by Crippen LogP contribution is 2.36. The number of halogens is 1. The van der Waals surface area contributed by atoms with Gasteiger partial charge in [-0.05, 0) is 67.2 Å². The monoisotopic (exact) mass is 537 g/mol. The van der Waals surface area contributed by atoms with Crippen molar-refractivity contribution in [3.63, 3.8) is 0 Å². The van der Waals surface area contributed by atoms with Crippen molar-refractivity contribution < 1.29 is 14.3 Å². The number of nitrogens with one attached hydrogen (secondary N) is 3. The summed E-state index contributed by atoms with van der Waals surface area (Å²) in [5.74, 6) is 0.695. The molecule has 0 aromatic heterocycles. The standard InChI is InChI=1S/C21H39N5O3.HI/c1-8-23-18(24-13-21(5,6)17(27)22-7)25-14-11-15-9-10-16(12-14)26(15)19(28)29-20(2,3)4;/h14-16H,8-13H2,1-7H3,(H,22,27)(H2,23,24,25);1H. The number of hydrogen-bond donors (Lipinski definition) is 3. The lowest BCUT2D eigenvalue weighted by Crippen LogP contribution is -2.55. The predicted molar refractivity (Wildman–Crippen MR) is 130 cm³/mol. The number of carbonyl (C=O) groups is 2. The number of nitrogens with zero attached hydrogens (tertiary/aromatic N) is 2. The van der Waals surface area contributed by atoms with Gasteiger partial charge in [0.1, 0.15) is 5.60 Å². The molecule has 3 N–H and O–H groups in total. The summed E-state index contributed by atoms with van der Waals surface area (Å²) in [5.41, 5.74) is -1.05. The van der Waals surface area contributed by atoms with Crippen LogP contribution in [-0.4, -0.2) is 66.7 Å². The predicted octanol–water partition coefficient (Wildman–Crippen LogP) is 2.86. The quantitative estimate of drug-likeness (QED) is 0.285. The van der Waals surface area contributed by atoms with Gasteiger partial charge >= 0.3 is 6.09 Å². The van der Waals surface area contributed by atoms with Gasteiger partial charge in [-0.3, -0.25) is 9.79 Å². The SMILES string of the molecule is CCNC(=NCC(C)(C)C(=O)NC)NC1CC2CCC(C1)N2C(=O)OC(C)(C)C.I. The van der Waals surface area contributed by atoms with Crippen LogP contribution in [0.15, 0.2) is 4.99 Å². The topological polar surface area (TPSA) is 95.1 Å². The minimum absolute atomic E-state index is 0. The summed E-state index contributed by atoms with van der Waals surface area (Å²) in [6.45, 7) is 12.6. The van der Waals surface area contributed by atoms with E-state index in [9.17, 15) is 9.59 Å². The Bertz CT molecular complexity index is 619. The summed E-state index contributed by atoms with van der Waals surface area (Å²) in [6, 6.07) is 0.643. The Hall–Kier alpha value is -1.26.